The second-order valence-electron chi connectivity index (χ2n) is 6.30. The van der Waals surface area contributed by atoms with Gasteiger partial charge in [0.2, 0.25) is 0 Å². The Morgan fingerprint density at radius 2 is 1.74 bits per heavy atom. The minimum Gasteiger partial charge on any atom is -0.300 e. The van der Waals surface area contributed by atoms with Crippen molar-refractivity contribution in [1.29, 1.82) is 0 Å². The van der Waals surface area contributed by atoms with E-state index in [0.29, 0.717) is 6.42 Å². The van der Waals surface area contributed by atoms with Gasteiger partial charge in [-0.15, -0.1) is 0 Å². The van der Waals surface area contributed by atoms with E-state index < -0.39 is 0 Å². The molecule has 0 bridgehead atoms. The minimum absolute atomic E-state index is 0.197. The third-order valence-electron chi connectivity index (χ3n) is 4.29. The van der Waals surface area contributed by atoms with Crippen LogP contribution >= 0.6 is 0 Å². The Morgan fingerprint density at radius 3 is 2.52 bits per heavy atom. The van der Waals surface area contributed by atoms with E-state index in [9.17, 15) is 4.79 Å². The van der Waals surface area contributed by atoms with Gasteiger partial charge in [-0.3, -0.25) is 9.78 Å². The third-order valence-corrected chi connectivity index (χ3v) is 4.29. The highest BCUT2D eigenvalue weighted by Crippen LogP contribution is 2.23. The maximum absolute atomic E-state index is 11.3. The zero-order valence-electron chi connectivity index (χ0n) is 13.9. The van der Waals surface area contributed by atoms with Crippen LogP contribution in [0.4, 0.5) is 0 Å². The van der Waals surface area contributed by atoms with Crippen LogP contribution in [-0.4, -0.2) is 10.8 Å². The van der Waals surface area contributed by atoms with Gasteiger partial charge < -0.3 is 0 Å². The molecule has 0 spiro atoms. The molecule has 0 aliphatic heterocycles. The largest absolute Gasteiger partial charge is 0.300 e. The van der Waals surface area contributed by atoms with Crippen LogP contribution in [0.5, 0.6) is 0 Å². The summed E-state index contributed by atoms with van der Waals surface area (Å²) >= 11 is 0. The van der Waals surface area contributed by atoms with Crippen molar-refractivity contribution in [3.05, 3.63) is 76.5 Å². The van der Waals surface area contributed by atoms with E-state index in [4.69, 9.17) is 0 Å². The summed E-state index contributed by atoms with van der Waals surface area (Å²) in [5, 5.41) is 1.22. The number of carbonyl (C=O) groups excluding carboxylic acids is 1. The monoisotopic (exact) mass is 303 g/mol. The van der Waals surface area contributed by atoms with Crippen molar-refractivity contribution < 1.29 is 4.79 Å². The summed E-state index contributed by atoms with van der Waals surface area (Å²) in [5.74, 6) is 0.197. The van der Waals surface area contributed by atoms with E-state index in [1.54, 1.807) is 6.92 Å². The number of nitrogens with zero attached hydrogens (tertiary/aromatic N) is 1. The van der Waals surface area contributed by atoms with Crippen LogP contribution in [0.1, 0.15) is 34.7 Å². The lowest BCUT2D eigenvalue weighted by atomic mass is 9.97. The quantitative estimate of drug-likeness (QED) is 0.706. The molecule has 0 aliphatic carbocycles. The standard InChI is InChI=1S/C21H21NO/c1-14-9-20-19(7-8-22-21(20)10-15(14)2)13-18-6-4-5-17(12-18)11-16(3)23/h4-10,12H,11,13H2,1-3H3. The molecule has 0 saturated heterocycles. The number of carbonyl (C=O) groups is 1. The average Bonchev–Trinajstić information content (AvgIpc) is 2.49. The van der Waals surface area contributed by atoms with E-state index >= 15 is 0 Å². The highest BCUT2D eigenvalue weighted by atomic mass is 16.1. The van der Waals surface area contributed by atoms with Crippen molar-refractivity contribution in [2.75, 3.05) is 0 Å². The molecule has 23 heavy (non-hydrogen) atoms. The number of hydrogen-bond acceptors (Lipinski definition) is 2. The van der Waals surface area contributed by atoms with E-state index in [1.165, 1.54) is 27.6 Å². The van der Waals surface area contributed by atoms with Crippen LogP contribution < -0.4 is 0 Å². The van der Waals surface area contributed by atoms with E-state index in [0.717, 1.165) is 17.5 Å². The predicted octanol–water partition coefficient (Wildman–Crippen LogP) is 4.57. The van der Waals surface area contributed by atoms with Crippen molar-refractivity contribution in [3.8, 4) is 0 Å². The Bertz CT molecular complexity index is 880. The van der Waals surface area contributed by atoms with Crippen molar-refractivity contribution in [2.45, 2.75) is 33.6 Å². The number of hydrogen-bond donors (Lipinski definition) is 0. The first kappa shape index (κ1) is 15.4. The van der Waals surface area contributed by atoms with E-state index in [1.807, 2.05) is 18.3 Å². The maximum atomic E-state index is 11.3. The lowest BCUT2D eigenvalue weighted by Crippen LogP contribution is -1.98. The first-order valence-corrected chi connectivity index (χ1v) is 7.95. The summed E-state index contributed by atoms with van der Waals surface area (Å²) in [7, 11) is 0. The van der Waals surface area contributed by atoms with Gasteiger partial charge >= 0.3 is 0 Å². The molecule has 0 atom stereocenters. The zero-order chi connectivity index (χ0) is 16.4. The fourth-order valence-corrected chi connectivity index (χ4v) is 2.97. The Labute approximate surface area is 137 Å². The minimum atomic E-state index is 0.197. The van der Waals surface area contributed by atoms with Gasteiger partial charge in [0.05, 0.1) is 5.52 Å². The van der Waals surface area contributed by atoms with Gasteiger partial charge in [0.25, 0.3) is 0 Å². The third kappa shape index (κ3) is 3.48. The lowest BCUT2D eigenvalue weighted by Gasteiger charge is -2.10. The van der Waals surface area contributed by atoms with Crippen molar-refractivity contribution in [3.63, 3.8) is 0 Å². The van der Waals surface area contributed by atoms with Crippen LogP contribution in [0.2, 0.25) is 0 Å². The number of Topliss-reactive ketones (excluding diaryl/α,β-unsaturated/α-hetero) is 1. The van der Waals surface area contributed by atoms with Crippen LogP contribution in [0.15, 0.2) is 48.7 Å². The number of rotatable bonds is 4. The zero-order valence-corrected chi connectivity index (χ0v) is 13.9. The van der Waals surface area contributed by atoms with Crippen LogP contribution in [0, 0.1) is 13.8 Å². The summed E-state index contributed by atoms with van der Waals surface area (Å²) < 4.78 is 0. The van der Waals surface area contributed by atoms with Crippen molar-refractivity contribution >= 4 is 16.7 Å². The number of ketones is 1. The number of benzene rings is 2. The van der Waals surface area contributed by atoms with Crippen molar-refractivity contribution in [1.82, 2.24) is 4.98 Å². The van der Waals surface area contributed by atoms with Crippen LogP contribution in [0.3, 0.4) is 0 Å². The maximum Gasteiger partial charge on any atom is 0.134 e. The highest BCUT2D eigenvalue weighted by molar-refractivity contribution is 5.84. The van der Waals surface area contributed by atoms with Crippen LogP contribution in [-0.2, 0) is 17.6 Å². The van der Waals surface area contributed by atoms with Gasteiger partial charge in [-0.1, -0.05) is 24.3 Å². The molecule has 0 fully saturated rings. The molecular weight excluding hydrogens is 282 g/mol. The fourth-order valence-electron chi connectivity index (χ4n) is 2.97. The number of fused-ring (bicyclic) bond motifs is 1. The second kappa shape index (κ2) is 6.33. The van der Waals surface area contributed by atoms with Gasteiger partial charge in [-0.05, 0) is 73.2 Å². The highest BCUT2D eigenvalue weighted by Gasteiger charge is 2.06. The molecular formula is C21H21NO. The van der Waals surface area contributed by atoms with Gasteiger partial charge in [-0.2, -0.15) is 0 Å². The molecule has 3 rings (SSSR count). The molecule has 0 amide bonds. The van der Waals surface area contributed by atoms with Gasteiger partial charge in [0.1, 0.15) is 5.78 Å². The van der Waals surface area contributed by atoms with Crippen LogP contribution in [0.25, 0.3) is 10.9 Å². The SMILES string of the molecule is CC(=O)Cc1cccc(Cc2ccnc3cc(C)c(C)cc23)c1. The summed E-state index contributed by atoms with van der Waals surface area (Å²) in [6.07, 6.45) is 3.24. The lowest BCUT2D eigenvalue weighted by molar-refractivity contribution is -0.116. The Morgan fingerprint density at radius 1 is 1.00 bits per heavy atom. The molecule has 0 N–H and O–H groups in total. The Hall–Kier alpha value is -2.48. The molecule has 0 aliphatic rings. The molecule has 2 aromatic carbocycles. The smallest absolute Gasteiger partial charge is 0.134 e. The molecule has 1 aromatic heterocycles. The molecule has 0 radical (unpaired) electrons. The topological polar surface area (TPSA) is 30.0 Å². The van der Waals surface area contributed by atoms with E-state index in [2.05, 4.69) is 49.2 Å². The summed E-state index contributed by atoms with van der Waals surface area (Å²) in [4.78, 5) is 15.8. The normalized spacial score (nSPS) is 10.9. The molecule has 0 saturated carbocycles. The second-order valence-corrected chi connectivity index (χ2v) is 6.30. The summed E-state index contributed by atoms with van der Waals surface area (Å²) in [6, 6.07) is 14.8. The Balaban J connectivity index is 1.98. The predicted molar refractivity (Wildman–Crippen MR) is 94.9 cm³/mol. The van der Waals surface area contributed by atoms with Gasteiger partial charge in [-0.25, -0.2) is 0 Å². The van der Waals surface area contributed by atoms with Gasteiger partial charge in [0.15, 0.2) is 0 Å². The molecule has 3 aromatic rings. The fraction of sp³-hybridized carbons (Fsp3) is 0.238. The number of aromatic nitrogens is 1. The Kier molecular flexibility index (Phi) is 4.24. The van der Waals surface area contributed by atoms with Crippen molar-refractivity contribution in [2.24, 2.45) is 0 Å². The average molecular weight is 303 g/mol. The molecule has 2 nitrogen and oxygen atoms in total. The first-order chi connectivity index (χ1) is 11.0. The molecule has 1 heterocycles. The van der Waals surface area contributed by atoms with E-state index in [-0.39, 0.29) is 5.78 Å². The van der Waals surface area contributed by atoms with Gasteiger partial charge in [0, 0.05) is 18.0 Å². The first-order valence-electron chi connectivity index (χ1n) is 7.95. The molecule has 2 heteroatoms. The molecule has 116 valence electrons. The number of aryl methyl sites for hydroxylation is 2. The summed E-state index contributed by atoms with van der Waals surface area (Å²) in [6.45, 7) is 5.89. The number of pyridine rings is 1. The summed E-state index contributed by atoms with van der Waals surface area (Å²) in [5.41, 5.74) is 7.20. The molecule has 0 unspecified atom stereocenters.